The number of aromatic nitrogens is 2. The predicted octanol–water partition coefficient (Wildman–Crippen LogP) is 2.32. The zero-order valence-electron chi connectivity index (χ0n) is 12.6. The smallest absolute Gasteiger partial charge is 0.313 e. The molecule has 20 heavy (non-hydrogen) atoms. The molecule has 0 atom stereocenters. The summed E-state index contributed by atoms with van der Waals surface area (Å²) in [7, 11) is 0. The van der Waals surface area contributed by atoms with Crippen molar-refractivity contribution in [2.75, 3.05) is 13.2 Å². The van der Waals surface area contributed by atoms with E-state index in [0.717, 1.165) is 0 Å². The molecule has 0 saturated carbocycles. The van der Waals surface area contributed by atoms with E-state index in [1.807, 2.05) is 27.7 Å². The quantitative estimate of drug-likeness (QED) is 0.395. The van der Waals surface area contributed by atoms with Gasteiger partial charge in [0.25, 0.3) is 0 Å². The molecule has 7 nitrogen and oxygen atoms in total. The molecule has 0 aliphatic carbocycles. The SMILES string of the molecule is CCOC(Cn1nc(CC)c([N+](=O)[O-])c1CC)OCC. The fourth-order valence-electron chi connectivity index (χ4n) is 2.16. The first kappa shape index (κ1) is 16.6. The zero-order chi connectivity index (χ0) is 15.1. The van der Waals surface area contributed by atoms with E-state index < -0.39 is 6.29 Å². The van der Waals surface area contributed by atoms with Crippen LogP contribution in [-0.2, 0) is 28.9 Å². The first-order chi connectivity index (χ1) is 9.58. The van der Waals surface area contributed by atoms with Gasteiger partial charge < -0.3 is 9.47 Å². The van der Waals surface area contributed by atoms with Crippen LogP contribution in [0.25, 0.3) is 0 Å². The lowest BCUT2D eigenvalue weighted by molar-refractivity contribution is -0.386. The van der Waals surface area contributed by atoms with Crippen LogP contribution in [0.2, 0.25) is 0 Å². The first-order valence-electron chi connectivity index (χ1n) is 7.04. The fourth-order valence-corrected chi connectivity index (χ4v) is 2.16. The summed E-state index contributed by atoms with van der Waals surface area (Å²) in [4.78, 5) is 10.9. The van der Waals surface area contributed by atoms with E-state index in [4.69, 9.17) is 9.47 Å². The van der Waals surface area contributed by atoms with E-state index >= 15 is 0 Å². The van der Waals surface area contributed by atoms with Gasteiger partial charge in [-0.2, -0.15) is 5.10 Å². The number of hydrogen-bond acceptors (Lipinski definition) is 5. The van der Waals surface area contributed by atoms with Gasteiger partial charge in [-0.3, -0.25) is 14.8 Å². The Balaban J connectivity index is 3.07. The standard InChI is InChI=1S/C13H23N3O4/c1-5-10-13(16(17)18)11(6-2)15(14-10)9-12(19-7-3)20-8-4/h12H,5-9H2,1-4H3. The second kappa shape index (κ2) is 7.96. The van der Waals surface area contributed by atoms with Crippen molar-refractivity contribution in [1.29, 1.82) is 0 Å². The van der Waals surface area contributed by atoms with Gasteiger partial charge in [-0.15, -0.1) is 0 Å². The van der Waals surface area contributed by atoms with Crippen molar-refractivity contribution in [3.05, 3.63) is 21.5 Å². The Morgan fingerprint density at radius 1 is 1.20 bits per heavy atom. The lowest BCUT2D eigenvalue weighted by Gasteiger charge is -2.17. The second-order valence-corrected chi connectivity index (χ2v) is 4.23. The van der Waals surface area contributed by atoms with Crippen LogP contribution in [0.3, 0.4) is 0 Å². The Hall–Kier alpha value is -1.47. The van der Waals surface area contributed by atoms with E-state index in [2.05, 4.69) is 5.10 Å². The first-order valence-corrected chi connectivity index (χ1v) is 7.04. The van der Waals surface area contributed by atoms with E-state index in [1.54, 1.807) is 4.68 Å². The molecule has 1 aromatic rings. The third kappa shape index (κ3) is 3.77. The maximum Gasteiger partial charge on any atom is 0.313 e. The van der Waals surface area contributed by atoms with Crippen molar-refractivity contribution >= 4 is 5.69 Å². The van der Waals surface area contributed by atoms with Crippen molar-refractivity contribution in [1.82, 2.24) is 9.78 Å². The lowest BCUT2D eigenvalue weighted by Crippen LogP contribution is -2.25. The van der Waals surface area contributed by atoms with Crippen molar-refractivity contribution < 1.29 is 14.4 Å². The van der Waals surface area contributed by atoms with E-state index in [-0.39, 0.29) is 10.6 Å². The molecule has 0 N–H and O–H groups in total. The Morgan fingerprint density at radius 2 is 1.80 bits per heavy atom. The molecule has 0 unspecified atom stereocenters. The molecule has 0 aliphatic rings. The molecule has 1 heterocycles. The van der Waals surface area contributed by atoms with Crippen LogP contribution in [-0.4, -0.2) is 34.2 Å². The highest BCUT2D eigenvalue weighted by Crippen LogP contribution is 2.25. The molecule has 0 spiro atoms. The number of aryl methyl sites for hydroxylation is 1. The Bertz CT molecular complexity index is 439. The summed E-state index contributed by atoms with van der Waals surface area (Å²) in [5.41, 5.74) is 1.26. The normalized spacial score (nSPS) is 11.2. The van der Waals surface area contributed by atoms with Crippen molar-refractivity contribution in [3.63, 3.8) is 0 Å². The van der Waals surface area contributed by atoms with Crippen LogP contribution in [0, 0.1) is 10.1 Å². The van der Waals surface area contributed by atoms with E-state index in [9.17, 15) is 10.1 Å². The third-order valence-corrected chi connectivity index (χ3v) is 2.98. The molecule has 0 saturated heterocycles. The number of nitrogens with zero attached hydrogens (tertiary/aromatic N) is 3. The largest absolute Gasteiger partial charge is 0.351 e. The van der Waals surface area contributed by atoms with Crippen molar-refractivity contribution in [2.45, 2.75) is 53.4 Å². The topological polar surface area (TPSA) is 79.4 Å². The zero-order valence-corrected chi connectivity index (χ0v) is 12.6. The van der Waals surface area contributed by atoms with Gasteiger partial charge in [-0.25, -0.2) is 0 Å². The monoisotopic (exact) mass is 285 g/mol. The average Bonchev–Trinajstić information content (AvgIpc) is 2.77. The minimum atomic E-state index is -0.431. The molecule has 0 bridgehead atoms. The maximum absolute atomic E-state index is 11.2. The summed E-state index contributed by atoms with van der Waals surface area (Å²) in [6, 6.07) is 0. The number of ether oxygens (including phenoxy) is 2. The highest BCUT2D eigenvalue weighted by Gasteiger charge is 2.26. The van der Waals surface area contributed by atoms with Gasteiger partial charge in [-0.1, -0.05) is 13.8 Å². The molecule has 0 fully saturated rings. The highest BCUT2D eigenvalue weighted by atomic mass is 16.7. The molecule has 1 aromatic heterocycles. The minimum Gasteiger partial charge on any atom is -0.351 e. The van der Waals surface area contributed by atoms with E-state index in [0.29, 0.717) is 44.0 Å². The summed E-state index contributed by atoms with van der Waals surface area (Å²) in [5, 5.41) is 15.5. The predicted molar refractivity (Wildman–Crippen MR) is 74.7 cm³/mol. The van der Waals surface area contributed by atoms with Crippen LogP contribution in [0.1, 0.15) is 39.1 Å². The Morgan fingerprint density at radius 3 is 2.20 bits per heavy atom. The van der Waals surface area contributed by atoms with Crippen LogP contribution in [0.4, 0.5) is 5.69 Å². The van der Waals surface area contributed by atoms with Gasteiger partial charge in [-0.05, 0) is 26.7 Å². The van der Waals surface area contributed by atoms with Crippen LogP contribution in [0.5, 0.6) is 0 Å². The molecule has 0 amide bonds. The van der Waals surface area contributed by atoms with Crippen LogP contribution in [0.15, 0.2) is 0 Å². The average molecular weight is 285 g/mol. The number of hydrogen-bond donors (Lipinski definition) is 0. The molecule has 1 rings (SSSR count). The molecule has 7 heteroatoms. The van der Waals surface area contributed by atoms with Gasteiger partial charge in [0.15, 0.2) is 6.29 Å². The van der Waals surface area contributed by atoms with Crippen molar-refractivity contribution in [2.24, 2.45) is 0 Å². The van der Waals surface area contributed by atoms with Crippen LogP contribution < -0.4 is 0 Å². The summed E-state index contributed by atoms with van der Waals surface area (Å²) in [5.74, 6) is 0. The summed E-state index contributed by atoms with van der Waals surface area (Å²) >= 11 is 0. The molecule has 0 radical (unpaired) electrons. The van der Waals surface area contributed by atoms with Gasteiger partial charge in [0.05, 0.1) is 11.5 Å². The number of nitro groups is 1. The maximum atomic E-state index is 11.2. The Kier molecular flexibility index (Phi) is 6.60. The molecular formula is C13H23N3O4. The third-order valence-electron chi connectivity index (χ3n) is 2.98. The summed E-state index contributed by atoms with van der Waals surface area (Å²) in [6.07, 6.45) is 0.651. The highest BCUT2D eigenvalue weighted by molar-refractivity contribution is 5.41. The minimum absolute atomic E-state index is 0.127. The molecule has 0 aliphatic heterocycles. The summed E-state index contributed by atoms with van der Waals surface area (Å²) < 4.78 is 12.6. The van der Waals surface area contributed by atoms with Crippen molar-refractivity contribution in [3.8, 4) is 0 Å². The molecular weight excluding hydrogens is 262 g/mol. The Labute approximate surface area is 119 Å². The fraction of sp³-hybridized carbons (Fsp3) is 0.769. The van der Waals surface area contributed by atoms with Crippen LogP contribution >= 0.6 is 0 Å². The van der Waals surface area contributed by atoms with Gasteiger partial charge in [0, 0.05) is 13.2 Å². The van der Waals surface area contributed by atoms with E-state index in [1.165, 1.54) is 0 Å². The lowest BCUT2D eigenvalue weighted by atomic mass is 10.2. The van der Waals surface area contributed by atoms with Gasteiger partial charge in [0.1, 0.15) is 11.4 Å². The molecule has 0 aromatic carbocycles. The summed E-state index contributed by atoms with van der Waals surface area (Å²) in [6.45, 7) is 8.93. The number of rotatable bonds is 9. The second-order valence-electron chi connectivity index (χ2n) is 4.23. The van der Waals surface area contributed by atoms with Gasteiger partial charge >= 0.3 is 5.69 Å². The van der Waals surface area contributed by atoms with Gasteiger partial charge in [0.2, 0.25) is 0 Å². The molecule has 114 valence electrons.